The zero-order chi connectivity index (χ0) is 14.1. The van der Waals surface area contributed by atoms with E-state index in [0.29, 0.717) is 13.1 Å². The van der Waals surface area contributed by atoms with Gasteiger partial charge in [0, 0.05) is 19.3 Å². The zero-order valence-electron chi connectivity index (χ0n) is 11.3. The first-order valence-corrected chi connectivity index (χ1v) is 6.18. The molecule has 1 aromatic rings. The Balaban J connectivity index is 2.50. The number of aliphatic hydroxyl groups excluding tert-OH is 1. The van der Waals surface area contributed by atoms with Crippen LogP contribution in [-0.2, 0) is 0 Å². The monoisotopic (exact) mass is 264 g/mol. The van der Waals surface area contributed by atoms with E-state index < -0.39 is 0 Å². The second-order valence-electron chi connectivity index (χ2n) is 3.86. The summed E-state index contributed by atoms with van der Waals surface area (Å²) >= 11 is 0. The number of hydrogen-bond donors (Lipinski definition) is 2. The quantitative estimate of drug-likeness (QED) is 0.822. The molecule has 0 heterocycles. The predicted molar refractivity (Wildman–Crippen MR) is 74.9 cm³/mol. The predicted octanol–water partition coefficient (Wildman–Crippen LogP) is 1.69. The minimum atomic E-state index is -0.221. The maximum atomic E-state index is 11.7. The van der Waals surface area contributed by atoms with Gasteiger partial charge >= 0.3 is 6.03 Å². The first kappa shape index (κ1) is 15.0. The molecule has 19 heavy (non-hydrogen) atoms. The van der Waals surface area contributed by atoms with Crippen LogP contribution in [0.15, 0.2) is 30.5 Å². The van der Waals surface area contributed by atoms with Crippen molar-refractivity contribution in [3.8, 4) is 5.75 Å². The molecule has 0 aliphatic carbocycles. The lowest BCUT2D eigenvalue weighted by atomic mass is 10.2. The molecule has 0 bridgehead atoms. The molecule has 5 heteroatoms. The van der Waals surface area contributed by atoms with Gasteiger partial charge in [-0.15, -0.1) is 0 Å². The third kappa shape index (κ3) is 5.01. The summed E-state index contributed by atoms with van der Waals surface area (Å²) in [5.74, 6) is 0.793. The van der Waals surface area contributed by atoms with Gasteiger partial charge in [-0.3, -0.25) is 0 Å². The molecule has 0 radical (unpaired) electrons. The standard InChI is InChI=1S/C14H20N2O3/c1-3-16(10-11-17)14(18)15-9-8-12-4-6-13(19-2)7-5-12/h4-9,17H,3,10-11H2,1-2H3,(H,15,18)/b9-8+. The zero-order valence-corrected chi connectivity index (χ0v) is 11.3. The molecule has 0 aromatic heterocycles. The fraction of sp³-hybridized carbons (Fsp3) is 0.357. The highest BCUT2D eigenvalue weighted by molar-refractivity contribution is 5.76. The number of nitrogens with zero attached hydrogens (tertiary/aromatic N) is 1. The van der Waals surface area contributed by atoms with Crippen LogP contribution in [0.5, 0.6) is 5.75 Å². The summed E-state index contributed by atoms with van der Waals surface area (Å²) in [7, 11) is 1.62. The summed E-state index contributed by atoms with van der Waals surface area (Å²) in [6, 6.07) is 7.28. The third-order valence-corrected chi connectivity index (χ3v) is 2.64. The van der Waals surface area contributed by atoms with Gasteiger partial charge in [-0.25, -0.2) is 4.79 Å². The fourth-order valence-corrected chi connectivity index (χ4v) is 1.54. The number of carbonyl (C=O) groups is 1. The van der Waals surface area contributed by atoms with Crippen molar-refractivity contribution in [2.75, 3.05) is 26.8 Å². The Hall–Kier alpha value is -2.01. The number of carbonyl (C=O) groups excluding carboxylic acids is 1. The number of urea groups is 1. The van der Waals surface area contributed by atoms with E-state index in [0.717, 1.165) is 11.3 Å². The highest BCUT2D eigenvalue weighted by Gasteiger charge is 2.07. The van der Waals surface area contributed by atoms with Crippen molar-refractivity contribution in [2.45, 2.75) is 6.92 Å². The van der Waals surface area contributed by atoms with Crippen molar-refractivity contribution >= 4 is 12.1 Å². The molecule has 0 saturated carbocycles. The lowest BCUT2D eigenvalue weighted by Crippen LogP contribution is -2.39. The van der Waals surface area contributed by atoms with Crippen molar-refractivity contribution in [2.24, 2.45) is 0 Å². The first-order chi connectivity index (χ1) is 9.21. The van der Waals surface area contributed by atoms with Gasteiger partial charge in [0.1, 0.15) is 5.75 Å². The normalized spacial score (nSPS) is 10.5. The minimum absolute atomic E-state index is 0.0382. The molecule has 0 aliphatic heterocycles. The molecular formula is C14H20N2O3. The van der Waals surface area contributed by atoms with Crippen molar-refractivity contribution in [3.05, 3.63) is 36.0 Å². The van der Waals surface area contributed by atoms with Crippen molar-refractivity contribution in [1.29, 1.82) is 0 Å². The number of likely N-dealkylation sites (N-methyl/N-ethyl adjacent to an activating group) is 1. The number of ether oxygens (including phenoxy) is 1. The van der Waals surface area contributed by atoms with Crippen LogP contribution >= 0.6 is 0 Å². The molecule has 0 atom stereocenters. The van der Waals surface area contributed by atoms with Gasteiger partial charge in [0.25, 0.3) is 0 Å². The first-order valence-electron chi connectivity index (χ1n) is 6.18. The summed E-state index contributed by atoms with van der Waals surface area (Å²) in [5.41, 5.74) is 0.964. The van der Waals surface area contributed by atoms with Gasteiger partial charge in [-0.2, -0.15) is 0 Å². The van der Waals surface area contributed by atoms with E-state index in [2.05, 4.69) is 5.32 Å². The third-order valence-electron chi connectivity index (χ3n) is 2.64. The Morgan fingerprint density at radius 1 is 1.42 bits per heavy atom. The average Bonchev–Trinajstić information content (AvgIpc) is 2.45. The summed E-state index contributed by atoms with van der Waals surface area (Å²) in [5, 5.41) is 11.5. The highest BCUT2D eigenvalue weighted by atomic mass is 16.5. The molecule has 0 unspecified atom stereocenters. The topological polar surface area (TPSA) is 61.8 Å². The smallest absolute Gasteiger partial charge is 0.321 e. The number of amides is 2. The highest BCUT2D eigenvalue weighted by Crippen LogP contribution is 2.11. The molecule has 2 N–H and O–H groups in total. The second-order valence-corrected chi connectivity index (χ2v) is 3.86. The van der Waals surface area contributed by atoms with Gasteiger partial charge in [-0.05, 0) is 30.7 Å². The Bertz CT molecular complexity index is 415. The van der Waals surface area contributed by atoms with E-state index in [-0.39, 0.29) is 12.6 Å². The molecule has 2 amide bonds. The fourth-order valence-electron chi connectivity index (χ4n) is 1.54. The Kier molecular flexibility index (Phi) is 6.46. The van der Waals surface area contributed by atoms with Crippen LogP contribution in [0, 0.1) is 0 Å². The van der Waals surface area contributed by atoms with Gasteiger partial charge in [0.2, 0.25) is 0 Å². The Morgan fingerprint density at radius 2 is 2.11 bits per heavy atom. The van der Waals surface area contributed by atoms with Gasteiger partial charge in [0.15, 0.2) is 0 Å². The van der Waals surface area contributed by atoms with Crippen molar-refractivity contribution in [3.63, 3.8) is 0 Å². The summed E-state index contributed by atoms with van der Waals surface area (Å²) in [6.07, 6.45) is 3.38. The molecule has 0 fully saturated rings. The molecular weight excluding hydrogens is 244 g/mol. The minimum Gasteiger partial charge on any atom is -0.497 e. The summed E-state index contributed by atoms with van der Waals surface area (Å²) in [6.45, 7) is 2.72. The SMILES string of the molecule is CCN(CCO)C(=O)N/C=C/c1ccc(OC)cc1. The van der Waals surface area contributed by atoms with Crippen LogP contribution in [0.4, 0.5) is 4.79 Å². The van der Waals surface area contributed by atoms with E-state index in [9.17, 15) is 4.79 Å². The summed E-state index contributed by atoms with van der Waals surface area (Å²) in [4.78, 5) is 13.2. The second kappa shape index (κ2) is 8.16. The van der Waals surface area contributed by atoms with Gasteiger partial charge in [0.05, 0.1) is 13.7 Å². The van der Waals surface area contributed by atoms with Gasteiger partial charge in [-0.1, -0.05) is 12.1 Å². The maximum Gasteiger partial charge on any atom is 0.321 e. The van der Waals surface area contributed by atoms with Crippen LogP contribution in [0.2, 0.25) is 0 Å². The molecule has 0 aliphatic rings. The molecule has 0 saturated heterocycles. The van der Waals surface area contributed by atoms with Crippen LogP contribution in [0.3, 0.4) is 0 Å². The summed E-state index contributed by atoms with van der Waals surface area (Å²) < 4.78 is 5.06. The van der Waals surface area contributed by atoms with Crippen molar-refractivity contribution < 1.29 is 14.6 Å². The number of hydrogen-bond acceptors (Lipinski definition) is 3. The van der Waals surface area contributed by atoms with Crippen LogP contribution in [-0.4, -0.2) is 42.8 Å². The molecule has 0 spiro atoms. The molecule has 1 rings (SSSR count). The number of nitrogens with one attached hydrogen (secondary N) is 1. The van der Waals surface area contributed by atoms with E-state index >= 15 is 0 Å². The van der Waals surface area contributed by atoms with Crippen molar-refractivity contribution in [1.82, 2.24) is 10.2 Å². The van der Waals surface area contributed by atoms with Gasteiger partial charge < -0.3 is 20.1 Å². The van der Waals surface area contributed by atoms with Crippen LogP contribution < -0.4 is 10.1 Å². The molecule has 5 nitrogen and oxygen atoms in total. The number of benzene rings is 1. The average molecular weight is 264 g/mol. The van der Waals surface area contributed by atoms with E-state index in [1.54, 1.807) is 19.4 Å². The van der Waals surface area contributed by atoms with Crippen LogP contribution in [0.1, 0.15) is 12.5 Å². The van der Waals surface area contributed by atoms with E-state index in [1.165, 1.54) is 4.90 Å². The van der Waals surface area contributed by atoms with Crippen LogP contribution in [0.25, 0.3) is 6.08 Å². The Morgan fingerprint density at radius 3 is 2.63 bits per heavy atom. The molecule has 1 aromatic carbocycles. The molecule has 104 valence electrons. The number of methoxy groups -OCH3 is 1. The lowest BCUT2D eigenvalue weighted by molar-refractivity contribution is 0.183. The number of rotatable bonds is 6. The number of aliphatic hydroxyl groups is 1. The maximum absolute atomic E-state index is 11.7. The van der Waals surface area contributed by atoms with E-state index in [1.807, 2.05) is 31.2 Å². The van der Waals surface area contributed by atoms with E-state index in [4.69, 9.17) is 9.84 Å². The largest absolute Gasteiger partial charge is 0.497 e. The lowest BCUT2D eigenvalue weighted by Gasteiger charge is -2.18. The Labute approximate surface area is 113 Å².